The van der Waals surface area contributed by atoms with Crippen molar-refractivity contribution in [2.75, 3.05) is 13.7 Å². The van der Waals surface area contributed by atoms with Gasteiger partial charge in [0.25, 0.3) is 0 Å². The fourth-order valence-corrected chi connectivity index (χ4v) is 5.15. The largest absolute Gasteiger partial charge is 0.383 e. The maximum atomic E-state index is 5.38. The highest BCUT2D eigenvalue weighted by atomic mass is 16.5. The quantitative estimate of drug-likeness (QED) is 0.811. The Morgan fingerprint density at radius 1 is 1.11 bits per heavy atom. The van der Waals surface area contributed by atoms with Gasteiger partial charge in [0.05, 0.1) is 6.61 Å². The molecule has 2 heteroatoms. The van der Waals surface area contributed by atoms with Gasteiger partial charge in [-0.05, 0) is 55.3 Å². The minimum Gasteiger partial charge on any atom is -0.383 e. The molecular formula is C16H29NO. The topological polar surface area (TPSA) is 21.3 Å². The number of ether oxygens (including phenoxy) is 1. The lowest BCUT2D eigenvalue weighted by Crippen LogP contribution is -2.48. The Labute approximate surface area is 112 Å². The zero-order valence-electron chi connectivity index (χ0n) is 12.2. The third-order valence-corrected chi connectivity index (χ3v) is 6.01. The van der Waals surface area contributed by atoms with Crippen LogP contribution in [0.5, 0.6) is 0 Å². The molecule has 0 aromatic heterocycles. The third-order valence-electron chi connectivity index (χ3n) is 6.01. The molecule has 3 saturated carbocycles. The maximum absolute atomic E-state index is 5.38. The highest BCUT2D eigenvalue weighted by molar-refractivity contribution is 5.06. The van der Waals surface area contributed by atoms with Crippen molar-refractivity contribution in [2.24, 2.45) is 29.6 Å². The molecule has 0 amide bonds. The monoisotopic (exact) mass is 251 g/mol. The van der Waals surface area contributed by atoms with Crippen molar-refractivity contribution >= 4 is 0 Å². The molecule has 0 aromatic rings. The van der Waals surface area contributed by atoms with Gasteiger partial charge >= 0.3 is 0 Å². The molecular weight excluding hydrogens is 222 g/mol. The molecule has 2 bridgehead atoms. The van der Waals surface area contributed by atoms with Crippen molar-refractivity contribution in [3.63, 3.8) is 0 Å². The number of methoxy groups -OCH3 is 1. The molecule has 3 fully saturated rings. The van der Waals surface area contributed by atoms with E-state index in [1.165, 1.54) is 32.1 Å². The Balaban J connectivity index is 1.61. The van der Waals surface area contributed by atoms with Crippen molar-refractivity contribution < 1.29 is 4.74 Å². The van der Waals surface area contributed by atoms with Crippen LogP contribution in [0.3, 0.4) is 0 Å². The first-order valence-corrected chi connectivity index (χ1v) is 7.95. The number of fused-ring (bicyclic) bond motifs is 5. The Bertz CT molecular complexity index is 291. The van der Waals surface area contributed by atoms with E-state index in [4.69, 9.17) is 4.74 Å². The van der Waals surface area contributed by atoms with E-state index in [-0.39, 0.29) is 0 Å². The summed E-state index contributed by atoms with van der Waals surface area (Å²) in [6.45, 7) is 5.48. The van der Waals surface area contributed by atoms with Crippen LogP contribution in [-0.2, 0) is 4.74 Å². The van der Waals surface area contributed by atoms with E-state index in [2.05, 4.69) is 19.2 Å². The van der Waals surface area contributed by atoms with Crippen LogP contribution in [0.4, 0.5) is 0 Å². The van der Waals surface area contributed by atoms with Gasteiger partial charge in [-0.15, -0.1) is 0 Å². The molecule has 6 unspecified atom stereocenters. The number of rotatable bonds is 5. The Hall–Kier alpha value is -0.0800. The normalized spacial score (nSPS) is 43.7. The van der Waals surface area contributed by atoms with E-state index < -0.39 is 0 Å². The van der Waals surface area contributed by atoms with Crippen LogP contribution in [0.2, 0.25) is 0 Å². The lowest BCUT2D eigenvalue weighted by Gasteiger charge is -2.35. The highest BCUT2D eigenvalue weighted by Crippen LogP contribution is 2.58. The zero-order chi connectivity index (χ0) is 12.7. The lowest BCUT2D eigenvalue weighted by molar-refractivity contribution is 0.120. The molecule has 0 heterocycles. The summed E-state index contributed by atoms with van der Waals surface area (Å²) >= 11 is 0. The zero-order valence-corrected chi connectivity index (χ0v) is 12.2. The first-order valence-electron chi connectivity index (χ1n) is 7.95. The second-order valence-corrected chi connectivity index (χ2v) is 7.23. The summed E-state index contributed by atoms with van der Waals surface area (Å²) in [7, 11) is 1.82. The average molecular weight is 251 g/mol. The molecule has 2 nitrogen and oxygen atoms in total. The SMILES string of the molecule is COCC(NC1CC2CC1C1CCCC21)C(C)C. The minimum atomic E-state index is 0.541. The summed E-state index contributed by atoms with van der Waals surface area (Å²) in [4.78, 5) is 0. The summed E-state index contributed by atoms with van der Waals surface area (Å²) < 4.78 is 5.38. The summed E-state index contributed by atoms with van der Waals surface area (Å²) in [5, 5.41) is 3.94. The van der Waals surface area contributed by atoms with Crippen LogP contribution in [0, 0.1) is 29.6 Å². The fraction of sp³-hybridized carbons (Fsp3) is 1.00. The molecule has 1 N–H and O–H groups in total. The first-order chi connectivity index (χ1) is 8.70. The van der Waals surface area contributed by atoms with Crippen molar-refractivity contribution in [3.8, 4) is 0 Å². The Kier molecular flexibility index (Phi) is 3.68. The molecule has 0 aliphatic heterocycles. The molecule has 3 aliphatic carbocycles. The molecule has 0 spiro atoms. The highest BCUT2D eigenvalue weighted by Gasteiger charge is 2.53. The molecule has 18 heavy (non-hydrogen) atoms. The fourth-order valence-electron chi connectivity index (χ4n) is 5.15. The second-order valence-electron chi connectivity index (χ2n) is 7.23. The molecule has 0 aromatic carbocycles. The van der Waals surface area contributed by atoms with Gasteiger partial charge < -0.3 is 10.1 Å². The average Bonchev–Trinajstić information content (AvgIpc) is 2.99. The molecule has 0 radical (unpaired) electrons. The van der Waals surface area contributed by atoms with E-state index in [1.807, 2.05) is 7.11 Å². The maximum Gasteiger partial charge on any atom is 0.0618 e. The smallest absolute Gasteiger partial charge is 0.0618 e. The van der Waals surface area contributed by atoms with Gasteiger partial charge in [0.15, 0.2) is 0 Å². The standard InChI is InChI=1S/C16H29NO/c1-10(2)16(9-18-3)17-15-8-11-7-14(15)13-6-4-5-12(11)13/h10-17H,4-9H2,1-3H3. The number of hydrogen-bond donors (Lipinski definition) is 1. The number of hydrogen-bond acceptors (Lipinski definition) is 2. The molecule has 3 rings (SSSR count). The van der Waals surface area contributed by atoms with Crippen LogP contribution in [0.15, 0.2) is 0 Å². The van der Waals surface area contributed by atoms with Crippen LogP contribution >= 0.6 is 0 Å². The van der Waals surface area contributed by atoms with Gasteiger partial charge in [-0.3, -0.25) is 0 Å². The van der Waals surface area contributed by atoms with E-state index in [1.54, 1.807) is 0 Å². The Morgan fingerprint density at radius 3 is 2.61 bits per heavy atom. The predicted molar refractivity (Wildman–Crippen MR) is 74.5 cm³/mol. The van der Waals surface area contributed by atoms with Crippen LogP contribution < -0.4 is 5.32 Å². The first kappa shape index (κ1) is 12.9. The Morgan fingerprint density at radius 2 is 1.89 bits per heavy atom. The summed E-state index contributed by atoms with van der Waals surface area (Å²) in [6, 6.07) is 1.33. The van der Waals surface area contributed by atoms with Gasteiger partial charge in [0.1, 0.15) is 0 Å². The number of nitrogens with one attached hydrogen (secondary N) is 1. The summed E-state index contributed by atoms with van der Waals surface area (Å²) in [5.41, 5.74) is 0. The second kappa shape index (κ2) is 5.13. The molecule has 3 aliphatic rings. The van der Waals surface area contributed by atoms with E-state index >= 15 is 0 Å². The molecule has 0 saturated heterocycles. The van der Waals surface area contributed by atoms with Crippen molar-refractivity contribution in [1.29, 1.82) is 0 Å². The van der Waals surface area contributed by atoms with Crippen molar-refractivity contribution in [2.45, 2.75) is 58.0 Å². The summed E-state index contributed by atoms with van der Waals surface area (Å²) in [5.74, 6) is 4.88. The lowest BCUT2D eigenvalue weighted by atomic mass is 9.78. The third kappa shape index (κ3) is 2.12. The van der Waals surface area contributed by atoms with Gasteiger partial charge in [-0.2, -0.15) is 0 Å². The molecule has 104 valence electrons. The van der Waals surface area contributed by atoms with E-state index in [0.29, 0.717) is 12.0 Å². The van der Waals surface area contributed by atoms with E-state index in [0.717, 1.165) is 36.3 Å². The van der Waals surface area contributed by atoms with Gasteiger partial charge in [0.2, 0.25) is 0 Å². The minimum absolute atomic E-state index is 0.541. The van der Waals surface area contributed by atoms with Crippen LogP contribution in [-0.4, -0.2) is 25.8 Å². The summed E-state index contributed by atoms with van der Waals surface area (Å²) in [6.07, 6.45) is 7.51. The van der Waals surface area contributed by atoms with Crippen molar-refractivity contribution in [3.05, 3.63) is 0 Å². The van der Waals surface area contributed by atoms with Crippen molar-refractivity contribution in [1.82, 2.24) is 5.32 Å². The van der Waals surface area contributed by atoms with Gasteiger partial charge in [-0.25, -0.2) is 0 Å². The van der Waals surface area contributed by atoms with E-state index in [9.17, 15) is 0 Å². The van der Waals surface area contributed by atoms with Gasteiger partial charge in [0, 0.05) is 19.2 Å². The van der Waals surface area contributed by atoms with Gasteiger partial charge in [-0.1, -0.05) is 20.3 Å². The van der Waals surface area contributed by atoms with Crippen LogP contribution in [0.25, 0.3) is 0 Å². The van der Waals surface area contributed by atoms with Crippen LogP contribution in [0.1, 0.15) is 46.0 Å². The predicted octanol–water partition coefficient (Wildman–Crippen LogP) is 3.07. The molecule has 6 atom stereocenters.